The van der Waals surface area contributed by atoms with Gasteiger partial charge in [0.25, 0.3) is 0 Å². The van der Waals surface area contributed by atoms with Gasteiger partial charge in [0.15, 0.2) is 5.16 Å². The highest BCUT2D eigenvalue weighted by molar-refractivity contribution is 8.00. The summed E-state index contributed by atoms with van der Waals surface area (Å²) in [6, 6.07) is 10.1. The number of hydrogen-bond acceptors (Lipinski definition) is 6. The Morgan fingerprint density at radius 3 is 2.79 bits per heavy atom. The topological polar surface area (TPSA) is 75.9 Å². The van der Waals surface area contributed by atoms with Gasteiger partial charge in [-0.15, -0.1) is 10.2 Å². The van der Waals surface area contributed by atoms with Crippen LogP contribution in [0.15, 0.2) is 41.7 Å². The van der Waals surface area contributed by atoms with Crippen LogP contribution in [0.2, 0.25) is 0 Å². The molecule has 2 aromatic heterocycles. The van der Waals surface area contributed by atoms with Crippen molar-refractivity contribution in [3.05, 3.63) is 36.5 Å². The molecule has 1 saturated carbocycles. The van der Waals surface area contributed by atoms with Gasteiger partial charge in [0.05, 0.1) is 16.5 Å². The molecule has 0 spiro atoms. The van der Waals surface area contributed by atoms with E-state index in [1.54, 1.807) is 6.20 Å². The van der Waals surface area contributed by atoms with Gasteiger partial charge in [-0.1, -0.05) is 17.8 Å². The second-order valence-corrected chi connectivity index (χ2v) is 9.01. The number of pyridine rings is 1. The summed E-state index contributed by atoms with van der Waals surface area (Å²) in [5, 5.41) is 13.5. The molecule has 1 unspecified atom stereocenters. The molecule has 0 bridgehead atoms. The molecule has 1 aliphatic heterocycles. The lowest BCUT2D eigenvalue weighted by Gasteiger charge is -2.18. The molecule has 3 heterocycles. The van der Waals surface area contributed by atoms with Gasteiger partial charge in [-0.25, -0.2) is 0 Å². The van der Waals surface area contributed by atoms with Crippen LogP contribution in [-0.4, -0.2) is 44.0 Å². The van der Waals surface area contributed by atoms with E-state index >= 15 is 0 Å². The first kappa shape index (κ1) is 18.4. The number of carbonyl (C=O) groups is 1. The summed E-state index contributed by atoms with van der Waals surface area (Å²) in [6.07, 6.45) is 6.50. The number of anilines is 2. The van der Waals surface area contributed by atoms with Crippen LogP contribution in [0, 0.1) is 0 Å². The molecule has 1 N–H and O–H groups in total. The van der Waals surface area contributed by atoms with Gasteiger partial charge in [-0.05, 0) is 56.9 Å². The third kappa shape index (κ3) is 3.69. The normalized spacial score (nSPS) is 17.6. The first-order valence-corrected chi connectivity index (χ1v) is 11.1. The highest BCUT2D eigenvalue weighted by Gasteiger charge is 2.33. The molecule has 0 radical (unpaired) electrons. The predicted octanol–water partition coefficient (Wildman–Crippen LogP) is 3.88. The van der Waals surface area contributed by atoms with Crippen LogP contribution in [0.1, 0.15) is 38.6 Å². The van der Waals surface area contributed by atoms with Crippen LogP contribution in [0.5, 0.6) is 0 Å². The van der Waals surface area contributed by atoms with Crippen molar-refractivity contribution in [2.24, 2.45) is 0 Å². The minimum atomic E-state index is -0.282. The fourth-order valence-corrected chi connectivity index (χ4v) is 4.71. The van der Waals surface area contributed by atoms with E-state index in [1.807, 2.05) is 37.3 Å². The molecule has 1 saturated heterocycles. The van der Waals surface area contributed by atoms with Crippen molar-refractivity contribution in [3.8, 4) is 0 Å². The largest absolute Gasteiger partial charge is 0.341 e. The van der Waals surface area contributed by atoms with Crippen molar-refractivity contribution >= 4 is 40.2 Å². The molecular weight excluding hydrogens is 384 g/mol. The Morgan fingerprint density at radius 1 is 1.17 bits per heavy atom. The van der Waals surface area contributed by atoms with E-state index in [-0.39, 0.29) is 11.2 Å². The van der Waals surface area contributed by atoms with Gasteiger partial charge in [-0.2, -0.15) is 0 Å². The Bertz CT molecular complexity index is 1040. The fraction of sp³-hybridized carbons (Fsp3) is 0.429. The summed E-state index contributed by atoms with van der Waals surface area (Å²) < 4.78 is 2.25. The molecule has 1 amide bonds. The second kappa shape index (κ2) is 7.67. The van der Waals surface area contributed by atoms with Crippen molar-refractivity contribution in [3.63, 3.8) is 0 Å². The zero-order valence-electron chi connectivity index (χ0n) is 16.4. The number of nitrogens with zero attached hydrogens (tertiary/aromatic N) is 5. The standard InChI is InChI=1S/C21H24N6OS/c1-14(19(28)23-18-8-4-7-17-16(18)6-5-11-22-17)29-21-25-24-20(26-12-2-3-13-26)27(21)15-9-10-15/h4-8,11,14-15H,2-3,9-10,12-13H2,1H3,(H,23,28). The van der Waals surface area contributed by atoms with Gasteiger partial charge in [-0.3, -0.25) is 14.3 Å². The molecule has 29 heavy (non-hydrogen) atoms. The van der Waals surface area contributed by atoms with E-state index in [0.717, 1.165) is 53.6 Å². The summed E-state index contributed by atoms with van der Waals surface area (Å²) in [5.74, 6) is 0.930. The molecule has 8 heteroatoms. The van der Waals surface area contributed by atoms with Crippen LogP contribution < -0.4 is 10.2 Å². The number of aromatic nitrogens is 4. The maximum atomic E-state index is 12.9. The van der Waals surface area contributed by atoms with Gasteiger partial charge in [0.2, 0.25) is 11.9 Å². The zero-order chi connectivity index (χ0) is 19.8. The van der Waals surface area contributed by atoms with Crippen molar-refractivity contribution in [1.29, 1.82) is 0 Å². The molecular formula is C21H24N6OS. The van der Waals surface area contributed by atoms with Crippen LogP contribution in [0.4, 0.5) is 11.6 Å². The molecule has 1 atom stereocenters. The summed E-state index contributed by atoms with van der Waals surface area (Å²) in [5.41, 5.74) is 1.66. The molecule has 1 aliphatic carbocycles. The van der Waals surface area contributed by atoms with Gasteiger partial charge < -0.3 is 10.2 Å². The lowest BCUT2D eigenvalue weighted by atomic mass is 10.2. The molecule has 5 rings (SSSR count). The van der Waals surface area contributed by atoms with Crippen LogP contribution in [0.3, 0.4) is 0 Å². The van der Waals surface area contributed by atoms with E-state index < -0.39 is 0 Å². The van der Waals surface area contributed by atoms with Crippen LogP contribution in [0.25, 0.3) is 10.9 Å². The lowest BCUT2D eigenvalue weighted by molar-refractivity contribution is -0.115. The Morgan fingerprint density at radius 2 is 2.00 bits per heavy atom. The number of carbonyl (C=O) groups excluding carboxylic acids is 1. The van der Waals surface area contributed by atoms with E-state index in [2.05, 4.69) is 30.0 Å². The molecule has 1 aromatic carbocycles. The summed E-state index contributed by atoms with van der Waals surface area (Å²) in [4.78, 5) is 19.6. The SMILES string of the molecule is CC(Sc1nnc(N2CCCC2)n1C1CC1)C(=O)Nc1cccc2ncccc12. The molecule has 7 nitrogen and oxygen atoms in total. The van der Waals surface area contributed by atoms with E-state index in [4.69, 9.17) is 0 Å². The third-order valence-corrected chi connectivity index (χ3v) is 6.56. The Kier molecular flexibility index (Phi) is 4.87. The molecule has 150 valence electrons. The minimum Gasteiger partial charge on any atom is -0.341 e. The van der Waals surface area contributed by atoms with Crippen molar-refractivity contribution < 1.29 is 4.79 Å². The summed E-state index contributed by atoms with van der Waals surface area (Å²) >= 11 is 1.49. The third-order valence-electron chi connectivity index (χ3n) is 5.50. The Balaban J connectivity index is 1.33. The average Bonchev–Trinajstić information content (AvgIpc) is 3.25. The lowest BCUT2D eigenvalue weighted by Crippen LogP contribution is -2.24. The predicted molar refractivity (Wildman–Crippen MR) is 115 cm³/mol. The van der Waals surface area contributed by atoms with Crippen molar-refractivity contribution in [2.75, 3.05) is 23.3 Å². The number of thioether (sulfide) groups is 1. The highest BCUT2D eigenvalue weighted by atomic mass is 32.2. The van der Waals surface area contributed by atoms with Crippen LogP contribution in [-0.2, 0) is 4.79 Å². The maximum absolute atomic E-state index is 12.9. The van der Waals surface area contributed by atoms with Crippen molar-refractivity contribution in [2.45, 2.75) is 49.1 Å². The Labute approximate surface area is 173 Å². The minimum absolute atomic E-state index is 0.0422. The van der Waals surface area contributed by atoms with Gasteiger partial charge >= 0.3 is 0 Å². The Hall–Kier alpha value is -2.61. The maximum Gasteiger partial charge on any atom is 0.237 e. The molecule has 2 fully saturated rings. The van der Waals surface area contributed by atoms with Crippen LogP contribution >= 0.6 is 11.8 Å². The number of amides is 1. The average molecular weight is 409 g/mol. The molecule has 2 aliphatic rings. The number of hydrogen-bond donors (Lipinski definition) is 1. The zero-order valence-corrected chi connectivity index (χ0v) is 17.2. The highest BCUT2D eigenvalue weighted by Crippen LogP contribution is 2.42. The summed E-state index contributed by atoms with van der Waals surface area (Å²) in [7, 11) is 0. The smallest absolute Gasteiger partial charge is 0.237 e. The number of rotatable bonds is 6. The van der Waals surface area contributed by atoms with Gasteiger partial charge in [0.1, 0.15) is 0 Å². The van der Waals surface area contributed by atoms with E-state index in [1.165, 1.54) is 24.6 Å². The number of nitrogens with one attached hydrogen (secondary N) is 1. The monoisotopic (exact) mass is 408 g/mol. The molecule has 3 aromatic rings. The van der Waals surface area contributed by atoms with E-state index in [0.29, 0.717) is 6.04 Å². The first-order chi connectivity index (χ1) is 14.2. The number of fused-ring (bicyclic) bond motifs is 1. The van der Waals surface area contributed by atoms with E-state index in [9.17, 15) is 4.79 Å². The quantitative estimate of drug-likeness (QED) is 0.624. The number of benzene rings is 1. The second-order valence-electron chi connectivity index (χ2n) is 7.70. The van der Waals surface area contributed by atoms with Crippen molar-refractivity contribution in [1.82, 2.24) is 19.7 Å². The summed E-state index contributed by atoms with van der Waals surface area (Å²) in [6.45, 7) is 4.01. The van der Waals surface area contributed by atoms with Gasteiger partial charge in [0, 0.05) is 30.7 Å². The fourth-order valence-electron chi connectivity index (χ4n) is 3.79. The first-order valence-electron chi connectivity index (χ1n) is 10.2.